The van der Waals surface area contributed by atoms with E-state index in [-0.39, 0.29) is 5.82 Å². The molecule has 5 heteroatoms. The Morgan fingerprint density at radius 1 is 1.18 bits per heavy atom. The third-order valence-electron chi connectivity index (χ3n) is 2.28. The SMILES string of the molecule is Cc1cc(Br)ccc1Oc1ccc(N)c(N)n1. The predicted molar refractivity (Wildman–Crippen MR) is 72.0 cm³/mol. The van der Waals surface area contributed by atoms with Crippen molar-refractivity contribution in [1.82, 2.24) is 4.98 Å². The van der Waals surface area contributed by atoms with E-state index in [0.29, 0.717) is 11.6 Å². The molecule has 0 amide bonds. The molecule has 0 unspecified atom stereocenters. The first-order valence-corrected chi connectivity index (χ1v) is 5.81. The van der Waals surface area contributed by atoms with Crippen LogP contribution in [0.3, 0.4) is 0 Å². The first-order valence-electron chi connectivity index (χ1n) is 5.02. The number of benzene rings is 1. The first-order chi connectivity index (χ1) is 8.06. The van der Waals surface area contributed by atoms with E-state index < -0.39 is 0 Å². The number of nitrogens with two attached hydrogens (primary N) is 2. The quantitative estimate of drug-likeness (QED) is 0.892. The number of halogens is 1. The lowest BCUT2D eigenvalue weighted by Crippen LogP contribution is -1.99. The Balaban J connectivity index is 2.28. The second-order valence-electron chi connectivity index (χ2n) is 3.64. The van der Waals surface area contributed by atoms with Gasteiger partial charge in [-0.2, -0.15) is 4.98 Å². The average molecular weight is 294 g/mol. The predicted octanol–water partition coefficient (Wildman–Crippen LogP) is 3.11. The molecule has 2 aromatic rings. The molecule has 1 aromatic carbocycles. The number of pyridine rings is 1. The molecule has 0 saturated heterocycles. The molecule has 88 valence electrons. The van der Waals surface area contributed by atoms with Gasteiger partial charge in [0.2, 0.25) is 5.88 Å². The molecule has 0 fully saturated rings. The number of aromatic nitrogens is 1. The largest absolute Gasteiger partial charge is 0.439 e. The number of ether oxygens (including phenoxy) is 1. The number of nitrogens with zero attached hydrogens (tertiary/aromatic N) is 1. The summed E-state index contributed by atoms with van der Waals surface area (Å²) in [5, 5.41) is 0. The zero-order valence-electron chi connectivity index (χ0n) is 9.27. The van der Waals surface area contributed by atoms with Crippen molar-refractivity contribution in [3.63, 3.8) is 0 Å². The van der Waals surface area contributed by atoms with Crippen LogP contribution in [0.25, 0.3) is 0 Å². The van der Waals surface area contributed by atoms with Crippen LogP contribution in [0.5, 0.6) is 11.6 Å². The summed E-state index contributed by atoms with van der Waals surface area (Å²) in [4.78, 5) is 4.05. The standard InChI is InChI=1S/C12H12BrN3O/c1-7-6-8(13)2-4-10(7)17-11-5-3-9(14)12(15)16-11/h2-6H,14H2,1H3,(H2,15,16). The molecule has 1 aromatic heterocycles. The van der Waals surface area contributed by atoms with Crippen molar-refractivity contribution < 1.29 is 4.74 Å². The van der Waals surface area contributed by atoms with Gasteiger partial charge >= 0.3 is 0 Å². The minimum Gasteiger partial charge on any atom is -0.439 e. The van der Waals surface area contributed by atoms with Crippen molar-refractivity contribution in [2.24, 2.45) is 0 Å². The monoisotopic (exact) mass is 293 g/mol. The van der Waals surface area contributed by atoms with Gasteiger partial charge < -0.3 is 16.2 Å². The fraction of sp³-hybridized carbons (Fsp3) is 0.0833. The normalized spacial score (nSPS) is 10.2. The summed E-state index contributed by atoms with van der Waals surface area (Å²) in [6.07, 6.45) is 0. The zero-order chi connectivity index (χ0) is 12.4. The summed E-state index contributed by atoms with van der Waals surface area (Å²) in [6.45, 7) is 1.96. The molecule has 0 atom stereocenters. The highest BCUT2D eigenvalue weighted by atomic mass is 79.9. The van der Waals surface area contributed by atoms with E-state index in [2.05, 4.69) is 20.9 Å². The molecular weight excluding hydrogens is 282 g/mol. The van der Waals surface area contributed by atoms with E-state index in [4.69, 9.17) is 16.2 Å². The molecule has 0 aliphatic heterocycles. The van der Waals surface area contributed by atoms with Gasteiger partial charge in [0.1, 0.15) is 5.75 Å². The Kier molecular flexibility index (Phi) is 3.19. The molecule has 4 N–H and O–H groups in total. The fourth-order valence-corrected chi connectivity index (χ4v) is 1.84. The molecule has 2 rings (SSSR count). The summed E-state index contributed by atoms with van der Waals surface area (Å²) in [6, 6.07) is 9.10. The summed E-state index contributed by atoms with van der Waals surface area (Å²) in [5.74, 6) is 1.45. The van der Waals surface area contributed by atoms with Crippen LogP contribution in [0.1, 0.15) is 5.56 Å². The van der Waals surface area contributed by atoms with Crippen LogP contribution in [0, 0.1) is 6.92 Å². The van der Waals surface area contributed by atoms with Crippen LogP contribution >= 0.6 is 15.9 Å². The lowest BCUT2D eigenvalue weighted by molar-refractivity contribution is 0.460. The third kappa shape index (κ3) is 2.68. The maximum atomic E-state index is 5.63. The van der Waals surface area contributed by atoms with Gasteiger partial charge in [-0.1, -0.05) is 15.9 Å². The van der Waals surface area contributed by atoms with Gasteiger partial charge in [-0.05, 0) is 36.8 Å². The minimum atomic E-state index is 0.275. The van der Waals surface area contributed by atoms with Crippen molar-refractivity contribution in [2.75, 3.05) is 11.5 Å². The lowest BCUT2D eigenvalue weighted by Gasteiger charge is -2.09. The molecule has 17 heavy (non-hydrogen) atoms. The van der Waals surface area contributed by atoms with E-state index in [0.717, 1.165) is 15.8 Å². The van der Waals surface area contributed by atoms with Crippen molar-refractivity contribution in [2.45, 2.75) is 6.92 Å². The number of nitrogen functional groups attached to an aromatic ring is 2. The summed E-state index contributed by atoms with van der Waals surface area (Å²) in [7, 11) is 0. The molecule has 0 spiro atoms. The van der Waals surface area contributed by atoms with Crippen LogP contribution in [-0.2, 0) is 0 Å². The molecular formula is C12H12BrN3O. The first kappa shape index (κ1) is 11.7. The van der Waals surface area contributed by atoms with E-state index in [1.807, 2.05) is 25.1 Å². The molecule has 4 nitrogen and oxygen atoms in total. The number of hydrogen-bond acceptors (Lipinski definition) is 4. The smallest absolute Gasteiger partial charge is 0.221 e. The fourth-order valence-electron chi connectivity index (χ4n) is 1.36. The molecule has 1 heterocycles. The molecule has 0 saturated carbocycles. The van der Waals surface area contributed by atoms with Gasteiger partial charge in [-0.25, -0.2) is 0 Å². The van der Waals surface area contributed by atoms with Crippen molar-refractivity contribution in [3.8, 4) is 11.6 Å². The topological polar surface area (TPSA) is 74.2 Å². The van der Waals surface area contributed by atoms with Crippen molar-refractivity contribution in [3.05, 3.63) is 40.4 Å². The molecule has 0 bridgehead atoms. The lowest BCUT2D eigenvalue weighted by atomic mass is 10.2. The van der Waals surface area contributed by atoms with Gasteiger partial charge in [0.05, 0.1) is 5.69 Å². The number of anilines is 2. The van der Waals surface area contributed by atoms with E-state index in [1.54, 1.807) is 12.1 Å². The van der Waals surface area contributed by atoms with Crippen LogP contribution in [-0.4, -0.2) is 4.98 Å². The number of rotatable bonds is 2. The van der Waals surface area contributed by atoms with Crippen LogP contribution < -0.4 is 16.2 Å². The van der Waals surface area contributed by atoms with E-state index in [9.17, 15) is 0 Å². The molecule has 0 radical (unpaired) electrons. The zero-order valence-corrected chi connectivity index (χ0v) is 10.9. The molecule has 0 aliphatic rings. The van der Waals surface area contributed by atoms with Crippen molar-refractivity contribution in [1.29, 1.82) is 0 Å². The Labute approximate surface area is 108 Å². The van der Waals surface area contributed by atoms with Crippen LogP contribution in [0.15, 0.2) is 34.8 Å². The maximum absolute atomic E-state index is 5.63. The van der Waals surface area contributed by atoms with Gasteiger partial charge in [-0.15, -0.1) is 0 Å². The van der Waals surface area contributed by atoms with Crippen molar-refractivity contribution >= 4 is 27.4 Å². The highest BCUT2D eigenvalue weighted by molar-refractivity contribution is 9.10. The number of hydrogen-bond donors (Lipinski definition) is 2. The summed E-state index contributed by atoms with van der Waals surface area (Å²) >= 11 is 3.40. The molecule has 0 aliphatic carbocycles. The number of aryl methyl sites for hydroxylation is 1. The van der Waals surface area contributed by atoms with E-state index >= 15 is 0 Å². The Hall–Kier alpha value is -1.75. The Morgan fingerprint density at radius 3 is 2.59 bits per heavy atom. The van der Waals surface area contributed by atoms with Gasteiger partial charge in [0, 0.05) is 10.5 Å². The second-order valence-corrected chi connectivity index (χ2v) is 4.55. The Morgan fingerprint density at radius 2 is 1.94 bits per heavy atom. The highest BCUT2D eigenvalue weighted by Gasteiger charge is 2.04. The van der Waals surface area contributed by atoms with Gasteiger partial charge in [0.25, 0.3) is 0 Å². The van der Waals surface area contributed by atoms with Gasteiger partial charge in [0.15, 0.2) is 5.82 Å². The maximum Gasteiger partial charge on any atom is 0.221 e. The summed E-state index contributed by atoms with van der Waals surface area (Å²) in [5.41, 5.74) is 12.7. The Bertz CT molecular complexity index is 557. The van der Waals surface area contributed by atoms with Crippen LogP contribution in [0.2, 0.25) is 0 Å². The van der Waals surface area contributed by atoms with Crippen LogP contribution in [0.4, 0.5) is 11.5 Å². The van der Waals surface area contributed by atoms with E-state index in [1.165, 1.54) is 0 Å². The highest BCUT2D eigenvalue weighted by Crippen LogP contribution is 2.27. The average Bonchev–Trinajstić information content (AvgIpc) is 2.27. The minimum absolute atomic E-state index is 0.275. The summed E-state index contributed by atoms with van der Waals surface area (Å²) < 4.78 is 6.64. The second kappa shape index (κ2) is 4.63. The van der Waals surface area contributed by atoms with Gasteiger partial charge in [-0.3, -0.25) is 0 Å². The third-order valence-corrected chi connectivity index (χ3v) is 2.78.